The average Bonchev–Trinajstić information content (AvgIpc) is 3.48. The van der Waals surface area contributed by atoms with Gasteiger partial charge in [0.25, 0.3) is 0 Å². The average molecular weight is 536 g/mol. The van der Waals surface area contributed by atoms with Crippen molar-refractivity contribution >= 4 is 61.8 Å². The van der Waals surface area contributed by atoms with Gasteiger partial charge in [0.2, 0.25) is 0 Å². The monoisotopic (exact) mass is 535 g/mol. The zero-order chi connectivity index (χ0) is 26.0. The molecule has 5 rings (SSSR count). The molecule has 37 heavy (non-hydrogen) atoms. The van der Waals surface area contributed by atoms with Crippen LogP contribution in [0.4, 0.5) is 16.3 Å². The Morgan fingerprint density at radius 2 is 2.00 bits per heavy atom. The van der Waals surface area contributed by atoms with Gasteiger partial charge in [-0.15, -0.1) is 0 Å². The van der Waals surface area contributed by atoms with Crippen LogP contribution in [0.2, 0.25) is 5.02 Å². The van der Waals surface area contributed by atoms with E-state index in [0.717, 1.165) is 26.8 Å². The number of benzene rings is 2. The highest BCUT2D eigenvalue weighted by Gasteiger charge is 2.15. The second kappa shape index (κ2) is 10.2. The van der Waals surface area contributed by atoms with Crippen molar-refractivity contribution in [3.63, 3.8) is 0 Å². The molecule has 0 bridgehead atoms. The summed E-state index contributed by atoms with van der Waals surface area (Å²) >= 11 is 8.00. The van der Waals surface area contributed by atoms with Crippen molar-refractivity contribution in [3.05, 3.63) is 66.2 Å². The third kappa shape index (κ3) is 5.76. The van der Waals surface area contributed by atoms with E-state index in [1.165, 1.54) is 17.9 Å². The van der Waals surface area contributed by atoms with Gasteiger partial charge in [0.15, 0.2) is 5.82 Å². The van der Waals surface area contributed by atoms with Crippen LogP contribution in [0.1, 0.15) is 20.8 Å². The van der Waals surface area contributed by atoms with Gasteiger partial charge in [0.1, 0.15) is 23.3 Å². The second-order valence-corrected chi connectivity index (χ2v) is 10.7. The van der Waals surface area contributed by atoms with Crippen LogP contribution in [0.3, 0.4) is 0 Å². The number of anilines is 2. The summed E-state index contributed by atoms with van der Waals surface area (Å²) in [5, 5.41) is 10.5. The molecule has 9 nitrogen and oxygen atoms in total. The molecule has 2 amide bonds. The lowest BCUT2D eigenvalue weighted by molar-refractivity contribution is 0.231. The zero-order valence-electron chi connectivity index (χ0n) is 20.6. The van der Waals surface area contributed by atoms with Gasteiger partial charge in [0.05, 0.1) is 26.8 Å². The highest BCUT2D eigenvalue weighted by atomic mass is 35.5. The van der Waals surface area contributed by atoms with E-state index in [0.29, 0.717) is 35.4 Å². The van der Waals surface area contributed by atoms with E-state index in [9.17, 15) is 4.79 Å². The number of urea groups is 1. The van der Waals surface area contributed by atoms with Gasteiger partial charge in [-0.2, -0.15) is 4.37 Å². The fourth-order valence-electron chi connectivity index (χ4n) is 3.86. The SMILES string of the molecule is CC(C)(C)NC(=O)NCCn1ccc2ncnc(Nc3ccc(Oc4cccc5sncc45)c(Cl)c3)c21. The van der Waals surface area contributed by atoms with Gasteiger partial charge < -0.3 is 25.3 Å². The van der Waals surface area contributed by atoms with Crippen molar-refractivity contribution < 1.29 is 9.53 Å². The van der Waals surface area contributed by atoms with E-state index in [4.69, 9.17) is 16.3 Å². The molecule has 0 saturated carbocycles. The fourth-order valence-corrected chi connectivity index (χ4v) is 4.74. The third-order valence-electron chi connectivity index (χ3n) is 5.45. The summed E-state index contributed by atoms with van der Waals surface area (Å²) in [7, 11) is 0. The number of carbonyl (C=O) groups excluding carboxylic acids is 1. The Kier molecular flexibility index (Phi) is 6.86. The standard InChI is InChI=1S/C26H26ClN7O2S/c1-26(2,3)33-25(35)28-10-12-34-11-9-19-23(34)24(30-15-29-19)32-16-7-8-21(18(27)13-16)36-20-5-4-6-22-17(20)14-31-37-22/h4-9,11,13-15H,10,12H2,1-3H3,(H2,28,33,35)(H,29,30,32). The first-order valence-corrected chi connectivity index (χ1v) is 12.9. The van der Waals surface area contributed by atoms with Crippen LogP contribution >= 0.6 is 23.1 Å². The number of hydrogen-bond donors (Lipinski definition) is 3. The minimum absolute atomic E-state index is 0.206. The maximum atomic E-state index is 12.1. The molecule has 0 aliphatic rings. The maximum absolute atomic E-state index is 12.1. The topological polar surface area (TPSA) is 106 Å². The summed E-state index contributed by atoms with van der Waals surface area (Å²) in [6.45, 7) is 6.82. The molecular weight excluding hydrogens is 510 g/mol. The zero-order valence-corrected chi connectivity index (χ0v) is 22.2. The summed E-state index contributed by atoms with van der Waals surface area (Å²) in [6.07, 6.45) is 5.23. The van der Waals surface area contributed by atoms with Crippen molar-refractivity contribution in [2.75, 3.05) is 11.9 Å². The Labute approximate surface area is 223 Å². The highest BCUT2D eigenvalue weighted by molar-refractivity contribution is 7.13. The van der Waals surface area contributed by atoms with E-state index < -0.39 is 0 Å². The van der Waals surface area contributed by atoms with E-state index >= 15 is 0 Å². The van der Waals surface area contributed by atoms with Crippen molar-refractivity contribution in [2.45, 2.75) is 32.9 Å². The van der Waals surface area contributed by atoms with Crippen LogP contribution in [0.15, 0.2) is 61.2 Å². The van der Waals surface area contributed by atoms with Crippen molar-refractivity contribution in [1.82, 2.24) is 29.5 Å². The molecule has 0 radical (unpaired) electrons. The van der Waals surface area contributed by atoms with Gasteiger partial charge in [-0.3, -0.25) is 0 Å². The number of hydrogen-bond acceptors (Lipinski definition) is 7. The molecule has 11 heteroatoms. The molecule has 3 heterocycles. The number of carbonyl (C=O) groups is 1. The predicted octanol–water partition coefficient (Wildman–Crippen LogP) is 6.33. The van der Waals surface area contributed by atoms with E-state index in [2.05, 4.69) is 30.3 Å². The lowest BCUT2D eigenvalue weighted by atomic mass is 10.1. The van der Waals surface area contributed by atoms with Gasteiger partial charge >= 0.3 is 6.03 Å². The van der Waals surface area contributed by atoms with E-state index in [1.54, 1.807) is 12.3 Å². The first-order valence-electron chi connectivity index (χ1n) is 11.7. The number of nitrogens with one attached hydrogen (secondary N) is 3. The smallest absolute Gasteiger partial charge is 0.315 e. The predicted molar refractivity (Wildman–Crippen MR) is 148 cm³/mol. The number of ether oxygens (including phenoxy) is 1. The van der Waals surface area contributed by atoms with Gasteiger partial charge in [-0.25, -0.2) is 14.8 Å². The highest BCUT2D eigenvalue weighted by Crippen LogP contribution is 2.36. The second-order valence-electron chi connectivity index (χ2n) is 9.46. The van der Waals surface area contributed by atoms with E-state index in [-0.39, 0.29) is 11.6 Å². The minimum Gasteiger partial charge on any atom is -0.455 e. The number of rotatable bonds is 7. The first kappa shape index (κ1) is 24.8. The first-order chi connectivity index (χ1) is 17.8. The molecular formula is C26H26ClN7O2S. The van der Waals surface area contributed by atoms with Crippen LogP contribution in [0.5, 0.6) is 11.5 Å². The van der Waals surface area contributed by atoms with Crippen LogP contribution in [-0.2, 0) is 6.54 Å². The lowest BCUT2D eigenvalue weighted by Gasteiger charge is -2.20. The number of aromatic nitrogens is 4. The Balaban J connectivity index is 1.31. The lowest BCUT2D eigenvalue weighted by Crippen LogP contribution is -2.47. The van der Waals surface area contributed by atoms with Crippen LogP contribution in [0, 0.1) is 0 Å². The van der Waals surface area contributed by atoms with Crippen molar-refractivity contribution in [3.8, 4) is 11.5 Å². The van der Waals surface area contributed by atoms with Crippen molar-refractivity contribution in [1.29, 1.82) is 0 Å². The molecule has 0 fully saturated rings. The summed E-state index contributed by atoms with van der Waals surface area (Å²) in [5.74, 6) is 1.88. The molecule has 0 saturated heterocycles. The fraction of sp³-hybridized carbons (Fsp3) is 0.231. The summed E-state index contributed by atoms with van der Waals surface area (Å²) in [5.41, 5.74) is 2.07. The summed E-state index contributed by atoms with van der Waals surface area (Å²) < 4.78 is 13.4. The normalized spacial score (nSPS) is 11.6. The van der Waals surface area contributed by atoms with E-state index in [1.807, 2.05) is 67.9 Å². The Bertz CT molecular complexity index is 1570. The number of fused-ring (bicyclic) bond motifs is 2. The van der Waals surface area contributed by atoms with Crippen LogP contribution in [0.25, 0.3) is 21.1 Å². The Hall–Kier alpha value is -3.89. The molecule has 190 valence electrons. The van der Waals surface area contributed by atoms with Crippen LogP contribution in [-0.4, -0.2) is 37.0 Å². The molecule has 5 aromatic rings. The van der Waals surface area contributed by atoms with Crippen LogP contribution < -0.4 is 20.7 Å². The molecule has 3 aromatic heterocycles. The van der Waals surface area contributed by atoms with Crippen molar-refractivity contribution in [2.24, 2.45) is 0 Å². The molecule has 0 unspecified atom stereocenters. The molecule has 3 N–H and O–H groups in total. The summed E-state index contributed by atoms with van der Waals surface area (Å²) in [6, 6.07) is 13.0. The largest absolute Gasteiger partial charge is 0.455 e. The molecule has 2 aromatic carbocycles. The number of nitrogens with zero attached hydrogens (tertiary/aromatic N) is 4. The minimum atomic E-state index is -0.300. The summed E-state index contributed by atoms with van der Waals surface area (Å²) in [4.78, 5) is 20.9. The third-order valence-corrected chi connectivity index (χ3v) is 6.51. The van der Waals surface area contributed by atoms with Gasteiger partial charge in [-0.1, -0.05) is 17.7 Å². The number of halogens is 1. The Morgan fingerprint density at radius 1 is 1.14 bits per heavy atom. The maximum Gasteiger partial charge on any atom is 0.315 e. The molecule has 0 spiro atoms. The van der Waals surface area contributed by atoms with Gasteiger partial charge in [-0.05, 0) is 68.7 Å². The van der Waals surface area contributed by atoms with Gasteiger partial charge in [0, 0.05) is 30.5 Å². The molecule has 0 aliphatic carbocycles. The number of amides is 2. The molecule has 0 atom stereocenters. The quantitative estimate of drug-likeness (QED) is 0.225. The Morgan fingerprint density at radius 3 is 2.81 bits per heavy atom. The molecule has 0 aliphatic heterocycles.